The van der Waals surface area contributed by atoms with Gasteiger partial charge in [-0.25, -0.2) is 4.98 Å². The van der Waals surface area contributed by atoms with Crippen LogP contribution in [0.25, 0.3) is 0 Å². The highest BCUT2D eigenvalue weighted by Crippen LogP contribution is 2.31. The number of para-hydroxylation sites is 1. The summed E-state index contributed by atoms with van der Waals surface area (Å²) in [7, 11) is 1.67. The van der Waals surface area contributed by atoms with Crippen molar-refractivity contribution in [1.29, 1.82) is 0 Å². The van der Waals surface area contributed by atoms with E-state index < -0.39 is 5.54 Å². The van der Waals surface area contributed by atoms with Gasteiger partial charge in [0.15, 0.2) is 0 Å². The number of aryl methyl sites for hydroxylation is 1. The summed E-state index contributed by atoms with van der Waals surface area (Å²) < 4.78 is 5.38. The molecular formula is C14H18N2OS. The lowest BCUT2D eigenvalue weighted by Crippen LogP contribution is -2.35. The normalized spacial score (nSPS) is 14.2. The summed E-state index contributed by atoms with van der Waals surface area (Å²) in [5.41, 5.74) is 8.03. The minimum atomic E-state index is -0.475. The van der Waals surface area contributed by atoms with Gasteiger partial charge in [-0.05, 0) is 19.9 Å². The SMILES string of the molecule is COc1ccccc1C(C)(N)Cc1nc(C)cs1. The van der Waals surface area contributed by atoms with Gasteiger partial charge in [0.25, 0.3) is 0 Å². The molecule has 18 heavy (non-hydrogen) atoms. The molecule has 1 aromatic heterocycles. The molecule has 0 saturated carbocycles. The van der Waals surface area contributed by atoms with E-state index in [0.717, 1.165) is 22.0 Å². The molecule has 1 aromatic carbocycles. The Bertz CT molecular complexity index is 534. The summed E-state index contributed by atoms with van der Waals surface area (Å²) >= 11 is 1.65. The largest absolute Gasteiger partial charge is 0.496 e. The molecule has 2 rings (SSSR count). The standard InChI is InChI=1S/C14H18N2OS/c1-10-9-18-13(16-10)8-14(2,15)11-6-4-5-7-12(11)17-3/h4-7,9H,8,15H2,1-3H3. The first kappa shape index (κ1) is 13.1. The number of methoxy groups -OCH3 is 1. The second-order valence-corrected chi connectivity index (χ2v) is 5.62. The highest BCUT2D eigenvalue weighted by Gasteiger charge is 2.26. The van der Waals surface area contributed by atoms with E-state index in [4.69, 9.17) is 10.5 Å². The van der Waals surface area contributed by atoms with Crippen LogP contribution in [0.4, 0.5) is 0 Å². The first-order valence-corrected chi connectivity index (χ1v) is 6.74. The van der Waals surface area contributed by atoms with Gasteiger partial charge < -0.3 is 10.5 Å². The Morgan fingerprint density at radius 3 is 2.72 bits per heavy atom. The van der Waals surface area contributed by atoms with Gasteiger partial charge in [-0.15, -0.1) is 11.3 Å². The average Bonchev–Trinajstić information content (AvgIpc) is 2.74. The number of hydrogen-bond donors (Lipinski definition) is 1. The fourth-order valence-corrected chi connectivity index (χ4v) is 2.95. The van der Waals surface area contributed by atoms with Gasteiger partial charge in [0.2, 0.25) is 0 Å². The molecule has 0 bridgehead atoms. The zero-order valence-electron chi connectivity index (χ0n) is 10.9. The van der Waals surface area contributed by atoms with Crippen LogP contribution in [-0.2, 0) is 12.0 Å². The van der Waals surface area contributed by atoms with E-state index in [9.17, 15) is 0 Å². The van der Waals surface area contributed by atoms with Crippen LogP contribution in [0.3, 0.4) is 0 Å². The van der Waals surface area contributed by atoms with Crippen LogP contribution in [0, 0.1) is 6.92 Å². The van der Waals surface area contributed by atoms with Gasteiger partial charge in [0, 0.05) is 28.6 Å². The maximum atomic E-state index is 6.44. The molecule has 1 heterocycles. The molecule has 0 fully saturated rings. The summed E-state index contributed by atoms with van der Waals surface area (Å²) in [5, 5.41) is 3.11. The molecule has 1 unspecified atom stereocenters. The predicted molar refractivity (Wildman–Crippen MR) is 75.1 cm³/mol. The van der Waals surface area contributed by atoms with Crippen molar-refractivity contribution in [2.24, 2.45) is 5.73 Å². The molecule has 2 aromatic rings. The van der Waals surface area contributed by atoms with Crippen LogP contribution in [0.15, 0.2) is 29.6 Å². The summed E-state index contributed by atoms with van der Waals surface area (Å²) in [6, 6.07) is 7.88. The second kappa shape index (κ2) is 5.08. The van der Waals surface area contributed by atoms with Crippen molar-refractivity contribution in [2.45, 2.75) is 25.8 Å². The second-order valence-electron chi connectivity index (χ2n) is 4.68. The first-order chi connectivity index (χ1) is 8.53. The van der Waals surface area contributed by atoms with Crippen molar-refractivity contribution in [1.82, 2.24) is 4.98 Å². The molecule has 0 aliphatic rings. The van der Waals surface area contributed by atoms with Gasteiger partial charge in [-0.1, -0.05) is 18.2 Å². The van der Waals surface area contributed by atoms with Crippen molar-refractivity contribution >= 4 is 11.3 Å². The molecule has 3 nitrogen and oxygen atoms in total. The lowest BCUT2D eigenvalue weighted by molar-refractivity contribution is 0.386. The minimum Gasteiger partial charge on any atom is -0.496 e. The topological polar surface area (TPSA) is 48.1 Å². The molecule has 4 heteroatoms. The number of thiazole rings is 1. The third kappa shape index (κ3) is 2.71. The molecule has 0 saturated heterocycles. The predicted octanol–water partition coefficient (Wildman–Crippen LogP) is 2.88. The Morgan fingerprint density at radius 2 is 2.11 bits per heavy atom. The van der Waals surface area contributed by atoms with Crippen LogP contribution in [0.2, 0.25) is 0 Å². The molecule has 0 amide bonds. The monoisotopic (exact) mass is 262 g/mol. The highest BCUT2D eigenvalue weighted by molar-refractivity contribution is 7.09. The van der Waals surface area contributed by atoms with Crippen LogP contribution in [0.1, 0.15) is 23.2 Å². The van der Waals surface area contributed by atoms with Gasteiger partial charge in [0.05, 0.1) is 12.1 Å². The van der Waals surface area contributed by atoms with E-state index in [1.165, 1.54) is 0 Å². The Morgan fingerprint density at radius 1 is 1.39 bits per heavy atom. The van der Waals surface area contributed by atoms with E-state index in [2.05, 4.69) is 4.98 Å². The zero-order chi connectivity index (χ0) is 13.2. The number of nitrogens with two attached hydrogens (primary N) is 1. The van der Waals surface area contributed by atoms with Crippen LogP contribution in [-0.4, -0.2) is 12.1 Å². The fourth-order valence-electron chi connectivity index (χ4n) is 2.01. The number of aromatic nitrogens is 1. The Labute approximate surface area is 112 Å². The third-order valence-corrected chi connectivity index (χ3v) is 3.87. The Hall–Kier alpha value is -1.39. The van der Waals surface area contributed by atoms with E-state index in [-0.39, 0.29) is 0 Å². The van der Waals surface area contributed by atoms with Gasteiger partial charge in [-0.2, -0.15) is 0 Å². The molecule has 0 aliphatic heterocycles. The van der Waals surface area contributed by atoms with Crippen LogP contribution < -0.4 is 10.5 Å². The average molecular weight is 262 g/mol. The lowest BCUT2D eigenvalue weighted by Gasteiger charge is -2.26. The number of hydrogen-bond acceptors (Lipinski definition) is 4. The van der Waals surface area contributed by atoms with E-state index in [1.54, 1.807) is 18.4 Å². The van der Waals surface area contributed by atoms with Gasteiger partial charge in [0.1, 0.15) is 5.75 Å². The Kier molecular flexibility index (Phi) is 3.68. The van der Waals surface area contributed by atoms with Crippen molar-refractivity contribution in [2.75, 3.05) is 7.11 Å². The van der Waals surface area contributed by atoms with Gasteiger partial charge in [-0.3, -0.25) is 0 Å². The van der Waals surface area contributed by atoms with Gasteiger partial charge >= 0.3 is 0 Å². The maximum absolute atomic E-state index is 6.44. The molecule has 96 valence electrons. The lowest BCUT2D eigenvalue weighted by atomic mass is 9.89. The van der Waals surface area contributed by atoms with Crippen LogP contribution >= 0.6 is 11.3 Å². The fraction of sp³-hybridized carbons (Fsp3) is 0.357. The maximum Gasteiger partial charge on any atom is 0.123 e. The molecule has 2 N–H and O–H groups in total. The summed E-state index contributed by atoms with van der Waals surface area (Å²) in [5.74, 6) is 0.829. The first-order valence-electron chi connectivity index (χ1n) is 5.86. The number of nitrogens with zero attached hydrogens (tertiary/aromatic N) is 1. The van der Waals surface area contributed by atoms with Crippen molar-refractivity contribution in [3.05, 3.63) is 45.9 Å². The number of ether oxygens (including phenoxy) is 1. The van der Waals surface area contributed by atoms with E-state index in [1.807, 2.05) is 43.5 Å². The van der Waals surface area contributed by atoms with Crippen molar-refractivity contribution in [3.8, 4) is 5.75 Å². The number of rotatable bonds is 4. The summed E-state index contributed by atoms with van der Waals surface area (Å²) in [6.45, 7) is 4.01. The zero-order valence-corrected chi connectivity index (χ0v) is 11.8. The van der Waals surface area contributed by atoms with E-state index in [0.29, 0.717) is 6.42 Å². The van der Waals surface area contributed by atoms with Crippen LogP contribution in [0.5, 0.6) is 5.75 Å². The molecular weight excluding hydrogens is 244 g/mol. The third-order valence-electron chi connectivity index (χ3n) is 2.91. The quantitative estimate of drug-likeness (QED) is 0.921. The minimum absolute atomic E-state index is 0.475. The summed E-state index contributed by atoms with van der Waals surface area (Å²) in [4.78, 5) is 4.47. The van der Waals surface area contributed by atoms with Crippen molar-refractivity contribution < 1.29 is 4.74 Å². The highest BCUT2D eigenvalue weighted by atomic mass is 32.1. The molecule has 1 atom stereocenters. The Balaban J connectivity index is 2.29. The molecule has 0 spiro atoms. The number of benzene rings is 1. The van der Waals surface area contributed by atoms with Crippen molar-refractivity contribution in [3.63, 3.8) is 0 Å². The summed E-state index contributed by atoms with van der Waals surface area (Å²) in [6.07, 6.45) is 0.714. The molecule has 0 aliphatic carbocycles. The smallest absolute Gasteiger partial charge is 0.123 e. The van der Waals surface area contributed by atoms with E-state index >= 15 is 0 Å². The molecule has 0 radical (unpaired) electrons.